The molecule has 3 heterocycles. The van der Waals surface area contributed by atoms with Crippen LogP contribution >= 0.6 is 0 Å². The van der Waals surface area contributed by atoms with Gasteiger partial charge in [-0.1, -0.05) is 24.3 Å². The largest absolute Gasteiger partial charge is 0.368 e. The van der Waals surface area contributed by atoms with Gasteiger partial charge in [0.25, 0.3) is 11.8 Å². The summed E-state index contributed by atoms with van der Waals surface area (Å²) in [6.07, 6.45) is 0.324. The zero-order chi connectivity index (χ0) is 25.8. The molecule has 0 saturated carbocycles. The van der Waals surface area contributed by atoms with E-state index in [1.807, 2.05) is 12.1 Å². The number of aliphatic hydroxyl groups excluding tert-OH is 1. The molecule has 0 aliphatic carbocycles. The van der Waals surface area contributed by atoms with Crippen molar-refractivity contribution >= 4 is 40.7 Å². The van der Waals surface area contributed by atoms with Crippen LogP contribution in [0, 0.1) is 0 Å². The predicted molar refractivity (Wildman–Crippen MR) is 125 cm³/mol. The van der Waals surface area contributed by atoms with Crippen LogP contribution < -0.4 is 10.6 Å². The van der Waals surface area contributed by atoms with Crippen LogP contribution in [0.2, 0.25) is 0 Å². The molecule has 190 valence electrons. The Bertz CT molecular complexity index is 1180. The van der Waals surface area contributed by atoms with Gasteiger partial charge in [0.15, 0.2) is 6.29 Å². The first-order valence-electron chi connectivity index (χ1n) is 11.7. The molecular formula is C24H27N5O7. The van der Waals surface area contributed by atoms with Gasteiger partial charge in [-0.15, -0.1) is 0 Å². The van der Waals surface area contributed by atoms with Gasteiger partial charge in [0, 0.05) is 31.0 Å². The van der Waals surface area contributed by atoms with E-state index in [9.17, 15) is 24.0 Å². The Morgan fingerprint density at radius 3 is 2.69 bits per heavy atom. The van der Waals surface area contributed by atoms with E-state index in [0.29, 0.717) is 18.1 Å². The Morgan fingerprint density at radius 1 is 1.17 bits per heavy atom. The number of benzene rings is 1. The average Bonchev–Trinajstić information content (AvgIpc) is 2.99. The van der Waals surface area contributed by atoms with Crippen LogP contribution in [0.15, 0.2) is 36.5 Å². The van der Waals surface area contributed by atoms with Crippen LogP contribution in [0.3, 0.4) is 0 Å². The van der Waals surface area contributed by atoms with Crippen LogP contribution in [-0.4, -0.2) is 86.1 Å². The molecule has 0 radical (unpaired) electrons. The standard InChI is InChI=1S/C24H27N5O7/c30-13-15(12-20(32)33)26-22(34)18-6-3-11-28-19(31)8-7-17(24(36)29(18)28)27-23(35)21-16-5-2-1-4-14(16)9-10-25-21/h1-2,4-5,9-10,13,15,17-18,20,32-33H,3,6-8,11-12H2,(H,26,34)(H,27,35)/t15-,17-,18-/m0/s1. The molecule has 12 nitrogen and oxygen atoms in total. The third-order valence-corrected chi connectivity index (χ3v) is 6.31. The molecule has 0 spiro atoms. The molecule has 4 rings (SSSR count). The van der Waals surface area contributed by atoms with Crippen molar-refractivity contribution in [1.82, 2.24) is 25.6 Å². The van der Waals surface area contributed by atoms with E-state index in [-0.39, 0.29) is 37.4 Å². The molecule has 3 atom stereocenters. The maximum absolute atomic E-state index is 13.6. The van der Waals surface area contributed by atoms with Crippen LogP contribution in [-0.2, 0) is 19.2 Å². The van der Waals surface area contributed by atoms with Crippen molar-refractivity contribution in [3.8, 4) is 0 Å². The summed E-state index contributed by atoms with van der Waals surface area (Å²) >= 11 is 0. The van der Waals surface area contributed by atoms with E-state index in [0.717, 1.165) is 10.4 Å². The quantitative estimate of drug-likeness (QED) is 0.286. The first-order valence-corrected chi connectivity index (χ1v) is 11.7. The maximum atomic E-state index is 13.6. The van der Waals surface area contributed by atoms with Crippen molar-refractivity contribution < 1.29 is 34.2 Å². The van der Waals surface area contributed by atoms with Gasteiger partial charge in [-0.3, -0.25) is 29.2 Å². The van der Waals surface area contributed by atoms with E-state index in [1.54, 1.807) is 18.2 Å². The first kappa shape index (κ1) is 25.2. The SMILES string of the molecule is O=C[C@H](CC(O)O)NC(=O)[C@@H]1CCCN2C(=O)CC[C@H](NC(=O)c3nccc4ccccc34)C(=O)N12. The highest BCUT2D eigenvalue weighted by Crippen LogP contribution is 2.25. The highest BCUT2D eigenvalue weighted by atomic mass is 16.5. The normalized spacial score (nSPS) is 21.1. The summed E-state index contributed by atoms with van der Waals surface area (Å²) in [5, 5.41) is 27.1. The summed E-state index contributed by atoms with van der Waals surface area (Å²) in [4.78, 5) is 68.0. The molecule has 0 unspecified atom stereocenters. The molecule has 36 heavy (non-hydrogen) atoms. The number of aliphatic hydroxyl groups is 2. The van der Waals surface area contributed by atoms with E-state index in [4.69, 9.17) is 10.2 Å². The second kappa shape index (κ2) is 10.8. The Balaban J connectivity index is 1.57. The Kier molecular flexibility index (Phi) is 7.55. The molecule has 4 N–H and O–H groups in total. The predicted octanol–water partition coefficient (Wildman–Crippen LogP) is -0.754. The zero-order valence-corrected chi connectivity index (χ0v) is 19.4. The summed E-state index contributed by atoms with van der Waals surface area (Å²) in [6.45, 7) is 0.229. The number of nitrogens with zero attached hydrogens (tertiary/aromatic N) is 3. The van der Waals surface area contributed by atoms with Crippen molar-refractivity contribution in [3.05, 3.63) is 42.2 Å². The first-order chi connectivity index (χ1) is 17.3. The van der Waals surface area contributed by atoms with Gasteiger partial charge in [0.05, 0.1) is 6.04 Å². The number of carbonyl (C=O) groups is 5. The second-order valence-electron chi connectivity index (χ2n) is 8.77. The fourth-order valence-corrected chi connectivity index (χ4v) is 4.59. The number of carbonyl (C=O) groups excluding carboxylic acids is 5. The number of hydrogen-bond donors (Lipinski definition) is 4. The molecule has 2 aromatic rings. The van der Waals surface area contributed by atoms with Crippen LogP contribution in [0.4, 0.5) is 0 Å². The number of fused-ring (bicyclic) bond motifs is 2. The monoisotopic (exact) mass is 497 g/mol. The summed E-state index contributed by atoms with van der Waals surface area (Å²) in [7, 11) is 0. The lowest BCUT2D eigenvalue weighted by Crippen LogP contribution is -2.64. The van der Waals surface area contributed by atoms with Gasteiger partial charge in [0.2, 0.25) is 11.8 Å². The Hall–Kier alpha value is -3.90. The van der Waals surface area contributed by atoms with E-state index in [1.165, 1.54) is 11.2 Å². The number of aromatic nitrogens is 1. The van der Waals surface area contributed by atoms with Crippen molar-refractivity contribution in [2.45, 2.75) is 56.5 Å². The molecule has 1 aromatic carbocycles. The minimum atomic E-state index is -1.81. The molecule has 2 aliphatic heterocycles. The third kappa shape index (κ3) is 5.19. The minimum absolute atomic E-state index is 0.0157. The van der Waals surface area contributed by atoms with E-state index < -0.39 is 48.6 Å². The van der Waals surface area contributed by atoms with Crippen molar-refractivity contribution in [1.29, 1.82) is 0 Å². The maximum Gasteiger partial charge on any atom is 0.271 e. The lowest BCUT2D eigenvalue weighted by molar-refractivity contribution is -0.176. The van der Waals surface area contributed by atoms with Gasteiger partial charge in [-0.05, 0) is 30.7 Å². The van der Waals surface area contributed by atoms with Gasteiger partial charge in [0.1, 0.15) is 24.1 Å². The van der Waals surface area contributed by atoms with E-state index in [2.05, 4.69) is 15.6 Å². The number of hydrogen-bond acceptors (Lipinski definition) is 8. The fraction of sp³-hybridized carbons (Fsp3) is 0.417. The van der Waals surface area contributed by atoms with Crippen molar-refractivity contribution in [3.63, 3.8) is 0 Å². The molecule has 2 saturated heterocycles. The third-order valence-electron chi connectivity index (χ3n) is 6.31. The molecule has 12 heteroatoms. The number of nitrogens with one attached hydrogen (secondary N) is 2. The Morgan fingerprint density at radius 2 is 1.94 bits per heavy atom. The van der Waals surface area contributed by atoms with Crippen molar-refractivity contribution in [2.24, 2.45) is 0 Å². The number of aldehydes is 1. The van der Waals surface area contributed by atoms with Gasteiger partial charge in [-0.2, -0.15) is 0 Å². The molecule has 4 amide bonds. The summed E-state index contributed by atoms with van der Waals surface area (Å²) in [5.41, 5.74) is 0.137. The van der Waals surface area contributed by atoms with Gasteiger partial charge >= 0.3 is 0 Å². The summed E-state index contributed by atoms with van der Waals surface area (Å²) in [6, 6.07) is 5.57. The summed E-state index contributed by atoms with van der Waals surface area (Å²) in [5.74, 6) is -2.28. The second-order valence-corrected chi connectivity index (χ2v) is 8.77. The summed E-state index contributed by atoms with van der Waals surface area (Å²) < 4.78 is 0. The van der Waals surface area contributed by atoms with Crippen LogP contribution in [0.1, 0.15) is 42.6 Å². The molecule has 2 fully saturated rings. The highest BCUT2D eigenvalue weighted by molar-refractivity contribution is 6.06. The number of rotatable bonds is 7. The molecule has 2 aliphatic rings. The molecular weight excluding hydrogens is 470 g/mol. The number of amides is 4. The smallest absolute Gasteiger partial charge is 0.271 e. The molecule has 0 bridgehead atoms. The van der Waals surface area contributed by atoms with Crippen molar-refractivity contribution in [2.75, 3.05) is 6.54 Å². The lowest BCUT2D eigenvalue weighted by atomic mass is 10.0. The minimum Gasteiger partial charge on any atom is -0.368 e. The highest BCUT2D eigenvalue weighted by Gasteiger charge is 2.45. The molecule has 1 aromatic heterocycles. The number of hydrazine groups is 1. The lowest BCUT2D eigenvalue weighted by Gasteiger charge is -2.43. The van der Waals surface area contributed by atoms with Gasteiger partial charge < -0.3 is 25.6 Å². The average molecular weight is 498 g/mol. The zero-order valence-electron chi connectivity index (χ0n) is 19.4. The van der Waals surface area contributed by atoms with E-state index >= 15 is 0 Å². The van der Waals surface area contributed by atoms with Crippen LogP contribution in [0.5, 0.6) is 0 Å². The Labute approximate surface area is 206 Å². The van der Waals surface area contributed by atoms with Gasteiger partial charge in [-0.25, -0.2) is 5.01 Å². The number of pyridine rings is 1. The topological polar surface area (TPSA) is 169 Å². The fourth-order valence-electron chi connectivity index (χ4n) is 4.59. The van der Waals surface area contributed by atoms with Crippen LogP contribution in [0.25, 0.3) is 10.8 Å².